The normalized spacial score (nSPS) is 16.2. The summed E-state index contributed by atoms with van der Waals surface area (Å²) in [5.41, 5.74) is 1.43. The Hall–Kier alpha value is -3.27. The SMILES string of the molecule is Cn1nc(-c2ccccn2)cc1NC(=O)NCCc1noc([C@@H]2CCCO2)n1. The zero-order valence-electron chi connectivity index (χ0n) is 15.5. The number of ether oxygens (including phenoxy) is 1. The Morgan fingerprint density at radius 3 is 3.07 bits per heavy atom. The number of aromatic nitrogens is 5. The summed E-state index contributed by atoms with van der Waals surface area (Å²) in [5.74, 6) is 1.62. The first-order valence-corrected chi connectivity index (χ1v) is 9.13. The fourth-order valence-electron chi connectivity index (χ4n) is 2.94. The summed E-state index contributed by atoms with van der Waals surface area (Å²) in [6.45, 7) is 1.10. The van der Waals surface area contributed by atoms with E-state index in [0.717, 1.165) is 25.1 Å². The van der Waals surface area contributed by atoms with Crippen LogP contribution in [0.1, 0.15) is 30.7 Å². The average Bonchev–Trinajstić information content (AvgIpc) is 3.44. The van der Waals surface area contributed by atoms with Gasteiger partial charge in [-0.05, 0) is 25.0 Å². The van der Waals surface area contributed by atoms with Gasteiger partial charge in [0.25, 0.3) is 5.89 Å². The van der Waals surface area contributed by atoms with Crippen molar-refractivity contribution >= 4 is 11.8 Å². The second kappa shape index (κ2) is 8.17. The van der Waals surface area contributed by atoms with Crippen molar-refractivity contribution in [1.29, 1.82) is 0 Å². The fourth-order valence-corrected chi connectivity index (χ4v) is 2.94. The standard InChI is InChI=1S/C18H21N7O3/c1-25-16(11-13(23-25)12-5-2-3-8-19-12)22-18(26)20-9-7-15-21-17(28-24-15)14-6-4-10-27-14/h2-3,5,8,11,14H,4,6-7,9-10H2,1H3,(H2,20,22,26)/t14-/m0/s1. The molecule has 0 saturated carbocycles. The van der Waals surface area contributed by atoms with Crippen LogP contribution < -0.4 is 10.6 Å². The first-order chi connectivity index (χ1) is 13.7. The molecule has 1 aliphatic rings. The van der Waals surface area contributed by atoms with Crippen molar-refractivity contribution in [2.75, 3.05) is 18.5 Å². The Bertz CT molecular complexity index is 932. The third kappa shape index (κ3) is 4.17. The Morgan fingerprint density at radius 2 is 2.29 bits per heavy atom. The van der Waals surface area contributed by atoms with E-state index in [1.807, 2.05) is 18.2 Å². The summed E-state index contributed by atoms with van der Waals surface area (Å²) in [6.07, 6.45) is 3.96. The molecule has 4 heterocycles. The van der Waals surface area contributed by atoms with Gasteiger partial charge in [0.05, 0.1) is 5.69 Å². The number of pyridine rings is 1. The van der Waals surface area contributed by atoms with Crippen LogP contribution in [0.15, 0.2) is 35.0 Å². The Morgan fingerprint density at radius 1 is 1.36 bits per heavy atom. The molecule has 10 heteroatoms. The summed E-state index contributed by atoms with van der Waals surface area (Å²) in [5, 5.41) is 13.9. The van der Waals surface area contributed by atoms with Crippen molar-refractivity contribution in [2.45, 2.75) is 25.4 Å². The molecule has 0 bridgehead atoms. The van der Waals surface area contributed by atoms with E-state index < -0.39 is 0 Å². The fraction of sp³-hybridized carbons (Fsp3) is 0.389. The van der Waals surface area contributed by atoms with Crippen LogP contribution in [0.4, 0.5) is 10.6 Å². The molecule has 0 aliphatic carbocycles. The molecule has 10 nitrogen and oxygen atoms in total. The van der Waals surface area contributed by atoms with Gasteiger partial charge in [-0.2, -0.15) is 10.1 Å². The lowest BCUT2D eigenvalue weighted by molar-refractivity contribution is 0.0835. The highest BCUT2D eigenvalue weighted by Crippen LogP contribution is 2.26. The number of hydrogen-bond donors (Lipinski definition) is 2. The van der Waals surface area contributed by atoms with Gasteiger partial charge in [-0.25, -0.2) is 4.79 Å². The number of carbonyl (C=O) groups excluding carboxylic acids is 1. The molecule has 1 atom stereocenters. The zero-order chi connectivity index (χ0) is 19.3. The average molecular weight is 383 g/mol. The minimum Gasteiger partial charge on any atom is -0.368 e. The molecule has 2 N–H and O–H groups in total. The van der Waals surface area contributed by atoms with Crippen LogP contribution in [0, 0.1) is 0 Å². The Balaban J connectivity index is 1.27. The maximum absolute atomic E-state index is 12.2. The Kier molecular flexibility index (Phi) is 5.29. The number of rotatable bonds is 6. The maximum Gasteiger partial charge on any atom is 0.320 e. The second-order valence-electron chi connectivity index (χ2n) is 6.43. The molecule has 3 aromatic rings. The van der Waals surface area contributed by atoms with Gasteiger partial charge in [0.2, 0.25) is 0 Å². The van der Waals surface area contributed by atoms with E-state index in [0.29, 0.717) is 36.2 Å². The van der Waals surface area contributed by atoms with E-state index in [-0.39, 0.29) is 12.1 Å². The van der Waals surface area contributed by atoms with Crippen LogP contribution in [-0.2, 0) is 18.2 Å². The van der Waals surface area contributed by atoms with E-state index >= 15 is 0 Å². The number of aryl methyl sites for hydroxylation is 1. The van der Waals surface area contributed by atoms with Crippen LogP contribution in [-0.4, -0.2) is 44.1 Å². The third-order valence-corrected chi connectivity index (χ3v) is 4.37. The van der Waals surface area contributed by atoms with Crippen molar-refractivity contribution in [3.05, 3.63) is 42.2 Å². The van der Waals surface area contributed by atoms with Gasteiger partial charge in [-0.1, -0.05) is 11.2 Å². The summed E-state index contributed by atoms with van der Waals surface area (Å²) < 4.78 is 12.3. The Labute approximate surface area is 161 Å². The molecule has 0 radical (unpaired) electrons. The molecule has 0 spiro atoms. The molecule has 146 valence electrons. The van der Waals surface area contributed by atoms with Crippen LogP contribution in [0.5, 0.6) is 0 Å². The van der Waals surface area contributed by atoms with Gasteiger partial charge in [-0.15, -0.1) is 0 Å². The summed E-state index contributed by atoms with van der Waals surface area (Å²) >= 11 is 0. The molecule has 28 heavy (non-hydrogen) atoms. The quantitative estimate of drug-likeness (QED) is 0.668. The van der Waals surface area contributed by atoms with Gasteiger partial charge in [0.15, 0.2) is 5.82 Å². The highest BCUT2D eigenvalue weighted by Gasteiger charge is 2.23. The first kappa shape index (κ1) is 18.1. The van der Waals surface area contributed by atoms with E-state index in [4.69, 9.17) is 9.26 Å². The number of carbonyl (C=O) groups is 1. The van der Waals surface area contributed by atoms with Crippen LogP contribution >= 0.6 is 0 Å². The molecule has 1 aliphatic heterocycles. The molecule has 4 rings (SSSR count). The van der Waals surface area contributed by atoms with Crippen LogP contribution in [0.3, 0.4) is 0 Å². The smallest absolute Gasteiger partial charge is 0.320 e. The van der Waals surface area contributed by atoms with Crippen molar-refractivity contribution in [3.8, 4) is 11.4 Å². The van der Waals surface area contributed by atoms with E-state index in [1.165, 1.54) is 0 Å². The predicted octanol–water partition coefficient (Wildman–Crippen LogP) is 2.08. The van der Waals surface area contributed by atoms with Gasteiger partial charge in [0, 0.05) is 38.9 Å². The van der Waals surface area contributed by atoms with E-state index in [2.05, 4.69) is 30.9 Å². The lowest BCUT2D eigenvalue weighted by Crippen LogP contribution is -2.31. The second-order valence-corrected chi connectivity index (χ2v) is 6.43. The topological polar surface area (TPSA) is 120 Å². The number of nitrogens with zero attached hydrogens (tertiary/aromatic N) is 5. The lowest BCUT2D eigenvalue weighted by atomic mass is 10.2. The maximum atomic E-state index is 12.2. The van der Waals surface area contributed by atoms with Gasteiger partial charge >= 0.3 is 6.03 Å². The minimum absolute atomic E-state index is 0.101. The lowest BCUT2D eigenvalue weighted by Gasteiger charge is -2.06. The van der Waals surface area contributed by atoms with Crippen LogP contribution in [0.2, 0.25) is 0 Å². The summed E-state index contributed by atoms with van der Waals surface area (Å²) in [7, 11) is 1.76. The minimum atomic E-state index is -0.335. The van der Waals surface area contributed by atoms with E-state index in [1.54, 1.807) is 24.0 Å². The highest BCUT2D eigenvalue weighted by molar-refractivity contribution is 5.88. The molecule has 0 unspecified atom stereocenters. The molecule has 2 amide bonds. The summed E-state index contributed by atoms with van der Waals surface area (Å²) in [6, 6.07) is 7.03. The zero-order valence-corrected chi connectivity index (χ0v) is 15.5. The first-order valence-electron chi connectivity index (χ1n) is 9.13. The molecule has 1 saturated heterocycles. The number of urea groups is 1. The number of amides is 2. The van der Waals surface area contributed by atoms with Gasteiger partial charge in [0.1, 0.15) is 17.6 Å². The molecule has 0 aromatic carbocycles. The van der Waals surface area contributed by atoms with Crippen molar-refractivity contribution in [1.82, 2.24) is 30.2 Å². The van der Waals surface area contributed by atoms with E-state index in [9.17, 15) is 4.79 Å². The van der Waals surface area contributed by atoms with Crippen molar-refractivity contribution < 1.29 is 14.1 Å². The summed E-state index contributed by atoms with van der Waals surface area (Å²) in [4.78, 5) is 20.7. The molecular weight excluding hydrogens is 362 g/mol. The predicted molar refractivity (Wildman–Crippen MR) is 99.4 cm³/mol. The van der Waals surface area contributed by atoms with Crippen molar-refractivity contribution in [2.24, 2.45) is 7.05 Å². The molecular formula is C18H21N7O3. The largest absolute Gasteiger partial charge is 0.368 e. The van der Waals surface area contributed by atoms with Crippen LogP contribution in [0.25, 0.3) is 11.4 Å². The van der Waals surface area contributed by atoms with Crippen molar-refractivity contribution in [3.63, 3.8) is 0 Å². The third-order valence-electron chi connectivity index (χ3n) is 4.37. The van der Waals surface area contributed by atoms with Gasteiger partial charge in [-0.3, -0.25) is 15.0 Å². The monoisotopic (exact) mass is 383 g/mol. The number of nitrogens with one attached hydrogen (secondary N) is 2. The van der Waals surface area contributed by atoms with Gasteiger partial charge < -0.3 is 14.6 Å². The molecule has 1 fully saturated rings. The number of hydrogen-bond acceptors (Lipinski definition) is 7. The number of anilines is 1. The molecule has 3 aromatic heterocycles. The highest BCUT2D eigenvalue weighted by atomic mass is 16.5.